The molecule has 0 unspecified atom stereocenters. The molecule has 0 radical (unpaired) electrons. The summed E-state index contributed by atoms with van der Waals surface area (Å²) in [6, 6.07) is 8.98. The minimum Gasteiger partial charge on any atom is -0.497 e. The molecule has 1 heterocycles. The summed E-state index contributed by atoms with van der Waals surface area (Å²) in [6.45, 7) is 0.244. The molecule has 0 atom stereocenters. The Bertz CT molecular complexity index is 566. The van der Waals surface area contributed by atoms with Gasteiger partial charge < -0.3 is 15.2 Å². The van der Waals surface area contributed by atoms with E-state index in [4.69, 9.17) is 15.2 Å². The first-order valence-corrected chi connectivity index (χ1v) is 5.75. The van der Waals surface area contributed by atoms with Crippen LogP contribution in [0.1, 0.15) is 5.56 Å². The highest BCUT2D eigenvalue weighted by Crippen LogP contribution is 2.13. The van der Waals surface area contributed by atoms with Crippen molar-refractivity contribution in [3.8, 4) is 5.75 Å². The molecule has 6 heteroatoms. The molecule has 1 aromatic carbocycles. The van der Waals surface area contributed by atoms with Crippen LogP contribution in [-0.4, -0.2) is 22.9 Å². The monoisotopic (exact) mass is 261 g/mol. The molecule has 1 aromatic heterocycles. The van der Waals surface area contributed by atoms with Crippen molar-refractivity contribution in [3.05, 3.63) is 42.1 Å². The molecule has 0 aliphatic carbocycles. The lowest BCUT2D eigenvalue weighted by atomic mass is 10.2. The van der Waals surface area contributed by atoms with Gasteiger partial charge in [0.05, 0.1) is 7.11 Å². The van der Waals surface area contributed by atoms with Gasteiger partial charge in [0.15, 0.2) is 0 Å². The van der Waals surface area contributed by atoms with E-state index in [-0.39, 0.29) is 19.1 Å². The number of esters is 1. The summed E-state index contributed by atoms with van der Waals surface area (Å²) in [5.41, 5.74) is 6.32. The molecular formula is C13H15N3O3. The number of carbonyl (C=O) groups excluding carboxylic acids is 1. The van der Waals surface area contributed by atoms with Crippen LogP contribution < -0.4 is 10.5 Å². The molecule has 2 N–H and O–H groups in total. The molecule has 0 saturated carbocycles. The number of rotatable bonds is 5. The normalized spacial score (nSPS) is 10.2. The molecule has 0 saturated heterocycles. The zero-order valence-electron chi connectivity index (χ0n) is 10.6. The second-order valence-electron chi connectivity index (χ2n) is 3.95. The Kier molecular flexibility index (Phi) is 4.02. The predicted octanol–water partition coefficient (Wildman–Crippen LogP) is 1.22. The minimum atomic E-state index is -0.370. The van der Waals surface area contributed by atoms with E-state index in [0.717, 1.165) is 11.3 Å². The molecule has 0 bridgehead atoms. The van der Waals surface area contributed by atoms with Gasteiger partial charge in [-0.05, 0) is 23.8 Å². The molecule has 0 spiro atoms. The first-order valence-electron chi connectivity index (χ1n) is 5.75. The number of aromatic nitrogens is 2. The summed E-state index contributed by atoms with van der Waals surface area (Å²) in [4.78, 5) is 11.6. The van der Waals surface area contributed by atoms with Gasteiger partial charge in [-0.3, -0.25) is 9.48 Å². The second-order valence-corrected chi connectivity index (χ2v) is 3.95. The number of nitrogens with two attached hydrogens (primary N) is 1. The maximum atomic E-state index is 11.6. The number of anilines is 1. The van der Waals surface area contributed by atoms with Crippen molar-refractivity contribution in [1.82, 2.24) is 9.78 Å². The number of hydrogen-bond donors (Lipinski definition) is 1. The number of methoxy groups -OCH3 is 1. The van der Waals surface area contributed by atoms with Crippen LogP contribution >= 0.6 is 0 Å². The van der Waals surface area contributed by atoms with Crippen LogP contribution in [0.15, 0.2) is 36.5 Å². The van der Waals surface area contributed by atoms with E-state index < -0.39 is 0 Å². The summed E-state index contributed by atoms with van der Waals surface area (Å²) in [6.07, 6.45) is 1.63. The Balaban J connectivity index is 1.86. The highest BCUT2D eigenvalue weighted by molar-refractivity contribution is 5.69. The number of ether oxygens (including phenoxy) is 2. The summed E-state index contributed by atoms with van der Waals surface area (Å²) in [5.74, 6) is 0.736. The van der Waals surface area contributed by atoms with E-state index >= 15 is 0 Å². The van der Waals surface area contributed by atoms with E-state index in [0.29, 0.717) is 5.82 Å². The van der Waals surface area contributed by atoms with Gasteiger partial charge in [-0.25, -0.2) is 0 Å². The molecule has 0 amide bonds. The topological polar surface area (TPSA) is 79.4 Å². The van der Waals surface area contributed by atoms with Gasteiger partial charge in [-0.15, -0.1) is 0 Å². The maximum absolute atomic E-state index is 11.6. The van der Waals surface area contributed by atoms with Gasteiger partial charge >= 0.3 is 5.97 Å². The van der Waals surface area contributed by atoms with Crippen LogP contribution in [-0.2, 0) is 22.7 Å². The average molecular weight is 261 g/mol. The van der Waals surface area contributed by atoms with Crippen LogP contribution in [0.3, 0.4) is 0 Å². The lowest BCUT2D eigenvalue weighted by Crippen LogP contribution is -2.14. The number of carbonyl (C=O) groups is 1. The largest absolute Gasteiger partial charge is 0.497 e. The van der Waals surface area contributed by atoms with Crippen molar-refractivity contribution in [2.45, 2.75) is 13.2 Å². The van der Waals surface area contributed by atoms with Gasteiger partial charge in [0, 0.05) is 6.20 Å². The summed E-state index contributed by atoms with van der Waals surface area (Å²) in [7, 11) is 1.59. The van der Waals surface area contributed by atoms with Crippen molar-refractivity contribution in [1.29, 1.82) is 0 Å². The third-order valence-corrected chi connectivity index (χ3v) is 2.49. The predicted molar refractivity (Wildman–Crippen MR) is 69.4 cm³/mol. The zero-order valence-corrected chi connectivity index (χ0v) is 10.6. The third-order valence-electron chi connectivity index (χ3n) is 2.49. The quantitative estimate of drug-likeness (QED) is 0.818. The fourth-order valence-corrected chi connectivity index (χ4v) is 1.57. The lowest BCUT2D eigenvalue weighted by molar-refractivity contribution is -0.145. The van der Waals surface area contributed by atoms with E-state index in [1.165, 1.54) is 4.68 Å². The van der Waals surface area contributed by atoms with Crippen molar-refractivity contribution >= 4 is 11.8 Å². The Hall–Kier alpha value is -2.50. The Morgan fingerprint density at radius 2 is 2.26 bits per heavy atom. The Labute approximate surface area is 110 Å². The van der Waals surface area contributed by atoms with Gasteiger partial charge in [-0.2, -0.15) is 5.10 Å². The van der Waals surface area contributed by atoms with Gasteiger partial charge in [0.2, 0.25) is 0 Å². The second kappa shape index (κ2) is 5.90. The molecular weight excluding hydrogens is 246 g/mol. The van der Waals surface area contributed by atoms with Gasteiger partial charge in [0.25, 0.3) is 0 Å². The van der Waals surface area contributed by atoms with Crippen molar-refractivity contribution in [2.24, 2.45) is 0 Å². The van der Waals surface area contributed by atoms with E-state index in [2.05, 4.69) is 5.10 Å². The Morgan fingerprint density at radius 1 is 1.42 bits per heavy atom. The number of nitrogens with zero attached hydrogens (tertiary/aromatic N) is 2. The van der Waals surface area contributed by atoms with Crippen molar-refractivity contribution in [3.63, 3.8) is 0 Å². The van der Waals surface area contributed by atoms with Crippen LogP contribution in [0.4, 0.5) is 5.82 Å². The number of benzene rings is 1. The smallest absolute Gasteiger partial charge is 0.328 e. The highest BCUT2D eigenvalue weighted by atomic mass is 16.5. The van der Waals surface area contributed by atoms with Crippen molar-refractivity contribution < 1.29 is 14.3 Å². The van der Waals surface area contributed by atoms with Crippen LogP contribution in [0, 0.1) is 0 Å². The highest BCUT2D eigenvalue weighted by Gasteiger charge is 2.06. The standard InChI is InChI=1S/C13H15N3O3/c1-18-11-4-2-3-10(7-11)9-19-13(17)8-16-6-5-12(14)15-16/h2-7H,8-9H2,1H3,(H2,14,15). The molecule has 2 aromatic rings. The number of nitrogen functional groups attached to an aromatic ring is 1. The lowest BCUT2D eigenvalue weighted by Gasteiger charge is -2.06. The van der Waals surface area contributed by atoms with Gasteiger partial charge in [-0.1, -0.05) is 12.1 Å². The molecule has 2 rings (SSSR count). The van der Waals surface area contributed by atoms with Gasteiger partial charge in [0.1, 0.15) is 24.7 Å². The van der Waals surface area contributed by atoms with E-state index in [9.17, 15) is 4.79 Å². The summed E-state index contributed by atoms with van der Waals surface area (Å²) >= 11 is 0. The zero-order chi connectivity index (χ0) is 13.7. The molecule has 0 aliphatic rings. The van der Waals surface area contributed by atoms with E-state index in [1.54, 1.807) is 19.4 Å². The molecule has 0 aliphatic heterocycles. The summed E-state index contributed by atoms with van der Waals surface area (Å²) < 4.78 is 11.7. The summed E-state index contributed by atoms with van der Waals surface area (Å²) in [5, 5.41) is 3.91. The first-order chi connectivity index (χ1) is 9.17. The molecule has 100 valence electrons. The molecule has 19 heavy (non-hydrogen) atoms. The Morgan fingerprint density at radius 3 is 2.95 bits per heavy atom. The van der Waals surface area contributed by atoms with Crippen molar-refractivity contribution in [2.75, 3.05) is 12.8 Å². The minimum absolute atomic E-state index is 0.0428. The first kappa shape index (κ1) is 12.9. The van der Waals surface area contributed by atoms with E-state index in [1.807, 2.05) is 24.3 Å². The maximum Gasteiger partial charge on any atom is 0.328 e. The average Bonchev–Trinajstić information content (AvgIpc) is 2.82. The fourth-order valence-electron chi connectivity index (χ4n) is 1.57. The number of hydrogen-bond acceptors (Lipinski definition) is 5. The SMILES string of the molecule is COc1cccc(COC(=O)Cn2ccc(N)n2)c1. The van der Waals surface area contributed by atoms with Crippen LogP contribution in [0.2, 0.25) is 0 Å². The fraction of sp³-hybridized carbons (Fsp3) is 0.231. The third kappa shape index (κ3) is 3.74. The molecule has 6 nitrogen and oxygen atoms in total. The molecule has 0 fully saturated rings. The van der Waals surface area contributed by atoms with Crippen LogP contribution in [0.5, 0.6) is 5.75 Å². The van der Waals surface area contributed by atoms with Crippen LogP contribution in [0.25, 0.3) is 0 Å².